The Kier molecular flexibility index (Phi) is 8.06. The Morgan fingerprint density at radius 1 is 1.27 bits per heavy atom. The first-order valence-electron chi connectivity index (χ1n) is 5.90. The Balaban J connectivity index is 3.65. The van der Waals surface area contributed by atoms with Crippen molar-refractivity contribution in [1.29, 1.82) is 0 Å². The van der Waals surface area contributed by atoms with Crippen molar-refractivity contribution >= 4 is 6.21 Å². The minimum absolute atomic E-state index is 0.728. The van der Waals surface area contributed by atoms with Crippen molar-refractivity contribution in [2.45, 2.75) is 53.4 Å². The van der Waals surface area contributed by atoms with Gasteiger partial charge in [0.25, 0.3) is 0 Å². The van der Waals surface area contributed by atoms with Gasteiger partial charge in [0, 0.05) is 0 Å². The molecular weight excluding hydrogens is 186 g/mol. The third-order valence-electron chi connectivity index (χ3n) is 2.58. The summed E-state index contributed by atoms with van der Waals surface area (Å²) in [6, 6.07) is 0. The molecule has 0 saturated carbocycles. The molecule has 15 heavy (non-hydrogen) atoms. The van der Waals surface area contributed by atoms with Crippen LogP contribution in [0.15, 0.2) is 16.8 Å². The predicted octanol–water partition coefficient (Wildman–Crippen LogP) is 4.25. The lowest BCUT2D eigenvalue weighted by molar-refractivity contribution is 0.321. The third-order valence-corrected chi connectivity index (χ3v) is 2.58. The Hall–Kier alpha value is -0.790. The van der Waals surface area contributed by atoms with Crippen molar-refractivity contribution in [3.63, 3.8) is 0 Å². The maximum Gasteiger partial charge on any atom is 0.0687 e. The molecule has 0 rings (SSSR count). The van der Waals surface area contributed by atoms with Gasteiger partial charge >= 0.3 is 0 Å². The first kappa shape index (κ1) is 14.2. The molecule has 0 fully saturated rings. The van der Waals surface area contributed by atoms with Gasteiger partial charge in [-0.25, -0.2) is 0 Å². The second-order valence-corrected chi connectivity index (χ2v) is 4.86. The normalized spacial score (nSPS) is 15.1. The summed E-state index contributed by atoms with van der Waals surface area (Å²) in [4.78, 5) is 0. The molecule has 0 aromatic carbocycles. The molecule has 1 atom stereocenters. The molecule has 0 heterocycles. The maximum atomic E-state index is 8.33. The summed E-state index contributed by atoms with van der Waals surface area (Å²) in [6.07, 6.45) is 8.64. The van der Waals surface area contributed by atoms with Crippen molar-refractivity contribution in [2.24, 2.45) is 17.0 Å². The summed E-state index contributed by atoms with van der Waals surface area (Å²) in [6.45, 7) is 8.78. The lowest BCUT2D eigenvalue weighted by atomic mass is 9.96. The Bertz CT molecular complexity index is 207. The van der Waals surface area contributed by atoms with Crippen molar-refractivity contribution in [2.75, 3.05) is 0 Å². The summed E-state index contributed by atoms with van der Waals surface area (Å²) >= 11 is 0. The van der Waals surface area contributed by atoms with Crippen LogP contribution in [0.4, 0.5) is 0 Å². The predicted molar refractivity (Wildman–Crippen MR) is 66.5 cm³/mol. The van der Waals surface area contributed by atoms with Crippen LogP contribution in [0.2, 0.25) is 0 Å². The molecule has 0 aromatic rings. The fourth-order valence-corrected chi connectivity index (χ4v) is 1.52. The number of allylic oxidation sites excluding steroid dienone is 2. The molecule has 88 valence electrons. The van der Waals surface area contributed by atoms with Crippen LogP contribution in [0.25, 0.3) is 0 Å². The summed E-state index contributed by atoms with van der Waals surface area (Å²) < 4.78 is 0. The number of nitrogens with zero attached hydrogens (tertiary/aromatic N) is 1. The molecule has 1 unspecified atom stereocenters. The molecule has 0 spiro atoms. The van der Waals surface area contributed by atoms with Gasteiger partial charge in [-0.15, -0.1) is 0 Å². The third kappa shape index (κ3) is 9.51. The van der Waals surface area contributed by atoms with E-state index in [4.69, 9.17) is 5.21 Å². The Labute approximate surface area is 94.1 Å². The molecule has 0 aromatic heterocycles. The molecule has 0 saturated heterocycles. The topological polar surface area (TPSA) is 32.6 Å². The Morgan fingerprint density at radius 3 is 2.47 bits per heavy atom. The highest BCUT2D eigenvalue weighted by Crippen LogP contribution is 2.16. The second-order valence-electron chi connectivity index (χ2n) is 4.86. The number of hydrogen-bond donors (Lipinski definition) is 1. The van der Waals surface area contributed by atoms with Gasteiger partial charge in [-0.05, 0) is 30.8 Å². The van der Waals surface area contributed by atoms with Crippen LogP contribution >= 0.6 is 0 Å². The highest BCUT2D eigenvalue weighted by atomic mass is 16.4. The minimum atomic E-state index is 0.728. The van der Waals surface area contributed by atoms with Gasteiger partial charge in [0.2, 0.25) is 0 Å². The first-order valence-corrected chi connectivity index (χ1v) is 5.90. The number of rotatable bonds is 7. The fourth-order valence-electron chi connectivity index (χ4n) is 1.52. The van der Waals surface area contributed by atoms with Crippen molar-refractivity contribution in [3.05, 3.63) is 11.6 Å². The molecule has 0 amide bonds. The molecule has 0 aliphatic carbocycles. The van der Waals surface area contributed by atoms with Crippen LogP contribution in [0.5, 0.6) is 0 Å². The van der Waals surface area contributed by atoms with E-state index in [0.717, 1.165) is 23.8 Å². The van der Waals surface area contributed by atoms with Gasteiger partial charge < -0.3 is 5.21 Å². The van der Waals surface area contributed by atoms with Gasteiger partial charge in [0.15, 0.2) is 0 Å². The second kappa shape index (κ2) is 8.51. The smallest absolute Gasteiger partial charge is 0.0687 e. The Morgan fingerprint density at radius 2 is 1.93 bits per heavy atom. The van der Waals surface area contributed by atoms with Crippen LogP contribution in [0, 0.1) is 11.8 Å². The fraction of sp³-hybridized carbons (Fsp3) is 0.769. The van der Waals surface area contributed by atoms with Gasteiger partial charge in [0.05, 0.1) is 6.21 Å². The molecule has 1 N–H and O–H groups in total. The van der Waals surface area contributed by atoms with E-state index in [1.807, 2.05) is 6.92 Å². The molecule has 0 radical (unpaired) electrons. The van der Waals surface area contributed by atoms with Gasteiger partial charge in [0.1, 0.15) is 0 Å². The van der Waals surface area contributed by atoms with Crippen LogP contribution in [0.1, 0.15) is 53.4 Å². The molecule has 0 bridgehead atoms. The standard InChI is InChI=1S/C13H25NO/c1-11(2)6-5-7-12(3)8-9-13(4)10-14-15/h9-12,15H,5-8H2,1-4H3/b13-9+,14-10+. The molecule has 0 aliphatic rings. The van der Waals surface area contributed by atoms with E-state index in [1.54, 1.807) is 0 Å². The summed E-state index contributed by atoms with van der Waals surface area (Å²) in [5, 5.41) is 11.3. The van der Waals surface area contributed by atoms with Crippen LogP contribution in [0.3, 0.4) is 0 Å². The van der Waals surface area contributed by atoms with E-state index in [1.165, 1.54) is 25.5 Å². The van der Waals surface area contributed by atoms with Gasteiger partial charge in [-0.1, -0.05) is 51.3 Å². The number of hydrogen-bond acceptors (Lipinski definition) is 2. The maximum absolute atomic E-state index is 8.33. The highest BCUT2D eigenvalue weighted by molar-refractivity contribution is 5.76. The van der Waals surface area contributed by atoms with E-state index < -0.39 is 0 Å². The lowest BCUT2D eigenvalue weighted by Crippen LogP contribution is -1.95. The van der Waals surface area contributed by atoms with Crippen LogP contribution in [-0.2, 0) is 0 Å². The highest BCUT2D eigenvalue weighted by Gasteiger charge is 2.01. The summed E-state index contributed by atoms with van der Waals surface area (Å²) in [5.41, 5.74) is 1.04. The first-order chi connectivity index (χ1) is 7.06. The van der Waals surface area contributed by atoms with Gasteiger partial charge in [-0.3, -0.25) is 0 Å². The monoisotopic (exact) mass is 211 g/mol. The van der Waals surface area contributed by atoms with E-state index >= 15 is 0 Å². The van der Waals surface area contributed by atoms with E-state index in [0.29, 0.717) is 0 Å². The zero-order valence-corrected chi connectivity index (χ0v) is 10.5. The van der Waals surface area contributed by atoms with E-state index in [-0.39, 0.29) is 0 Å². The zero-order valence-electron chi connectivity index (χ0n) is 10.5. The van der Waals surface area contributed by atoms with Crippen molar-refractivity contribution in [3.8, 4) is 0 Å². The zero-order chi connectivity index (χ0) is 11.7. The molecule has 0 aliphatic heterocycles. The summed E-state index contributed by atoms with van der Waals surface area (Å²) in [7, 11) is 0. The number of oxime groups is 1. The van der Waals surface area contributed by atoms with E-state index in [2.05, 4.69) is 32.0 Å². The van der Waals surface area contributed by atoms with Gasteiger partial charge in [-0.2, -0.15) is 0 Å². The molecule has 2 heteroatoms. The van der Waals surface area contributed by atoms with E-state index in [9.17, 15) is 0 Å². The lowest BCUT2D eigenvalue weighted by Gasteiger charge is -2.10. The summed E-state index contributed by atoms with van der Waals surface area (Å²) in [5.74, 6) is 1.54. The SMILES string of the molecule is CC(/C=N/O)=C\CC(C)CCCC(C)C. The quantitative estimate of drug-likeness (QED) is 0.381. The van der Waals surface area contributed by atoms with Crippen molar-refractivity contribution in [1.82, 2.24) is 0 Å². The molecule has 2 nitrogen and oxygen atoms in total. The average molecular weight is 211 g/mol. The van der Waals surface area contributed by atoms with Crippen LogP contribution in [-0.4, -0.2) is 11.4 Å². The van der Waals surface area contributed by atoms with Crippen molar-refractivity contribution < 1.29 is 5.21 Å². The molecular formula is C13H25NO. The minimum Gasteiger partial charge on any atom is -0.411 e. The van der Waals surface area contributed by atoms with Crippen LogP contribution < -0.4 is 0 Å². The largest absolute Gasteiger partial charge is 0.411 e. The average Bonchev–Trinajstić information content (AvgIpc) is 2.14.